The van der Waals surface area contributed by atoms with E-state index in [-0.39, 0.29) is 41.9 Å². The molecule has 200 valence electrons. The lowest BCUT2D eigenvalue weighted by atomic mass is 9.97. The molecular formula is C27H31N3O7P+. The summed E-state index contributed by atoms with van der Waals surface area (Å²) < 4.78 is 17.1. The molecule has 3 aromatic rings. The summed E-state index contributed by atoms with van der Waals surface area (Å²) >= 11 is 0. The summed E-state index contributed by atoms with van der Waals surface area (Å²) in [6.45, 7) is 5.21. The van der Waals surface area contributed by atoms with Gasteiger partial charge < -0.3 is 4.74 Å². The largest absolute Gasteiger partial charge is 0.461 e. The minimum atomic E-state index is -3.61. The lowest BCUT2D eigenvalue weighted by Crippen LogP contribution is -2.30. The van der Waals surface area contributed by atoms with Crippen LogP contribution in [-0.4, -0.2) is 59.1 Å². The molecule has 0 aliphatic carbocycles. The molecule has 1 N–H and O–H groups in total. The number of benzene rings is 2. The van der Waals surface area contributed by atoms with Crippen LogP contribution < -0.4 is 5.30 Å². The molecule has 10 nitrogen and oxygen atoms in total. The summed E-state index contributed by atoms with van der Waals surface area (Å²) in [6, 6.07) is 15.9. The Labute approximate surface area is 221 Å². The Morgan fingerprint density at radius 3 is 2.53 bits per heavy atom. The zero-order valence-corrected chi connectivity index (χ0v) is 22.5. The Bertz CT molecular complexity index is 1310. The van der Waals surface area contributed by atoms with Crippen molar-refractivity contribution in [2.75, 3.05) is 33.4 Å². The van der Waals surface area contributed by atoms with Gasteiger partial charge in [0.2, 0.25) is 5.30 Å². The number of nitro groups is 1. The van der Waals surface area contributed by atoms with Crippen LogP contribution in [0.5, 0.6) is 0 Å². The van der Waals surface area contributed by atoms with Gasteiger partial charge in [-0.1, -0.05) is 42.5 Å². The van der Waals surface area contributed by atoms with E-state index in [4.69, 9.17) is 13.8 Å². The number of likely N-dealkylation sites (N-methyl/N-ethyl adjacent to an activating group) is 1. The number of non-ortho nitro benzene ring substituents is 1. The number of rotatable bonds is 9. The number of pyridine rings is 1. The molecule has 0 bridgehead atoms. The minimum absolute atomic E-state index is 0.114. The van der Waals surface area contributed by atoms with Gasteiger partial charge in [-0.3, -0.25) is 20.0 Å². The van der Waals surface area contributed by atoms with Gasteiger partial charge in [-0.25, -0.2) is 4.79 Å². The Kier molecular flexibility index (Phi) is 8.81. The average molecular weight is 541 g/mol. The summed E-state index contributed by atoms with van der Waals surface area (Å²) in [5, 5.41) is 11.8. The van der Waals surface area contributed by atoms with E-state index in [0.717, 1.165) is 5.56 Å². The molecule has 1 aliphatic heterocycles. The van der Waals surface area contributed by atoms with Crippen molar-refractivity contribution in [3.8, 4) is 11.1 Å². The van der Waals surface area contributed by atoms with Crippen LogP contribution in [0.25, 0.3) is 11.1 Å². The van der Waals surface area contributed by atoms with E-state index in [2.05, 4.69) is 4.98 Å². The van der Waals surface area contributed by atoms with Crippen molar-refractivity contribution in [3.63, 3.8) is 0 Å². The van der Waals surface area contributed by atoms with E-state index >= 15 is 0 Å². The minimum Gasteiger partial charge on any atom is -0.461 e. The monoisotopic (exact) mass is 540 g/mol. The van der Waals surface area contributed by atoms with Gasteiger partial charge in [0, 0.05) is 31.6 Å². The van der Waals surface area contributed by atoms with Crippen LogP contribution in [0.1, 0.15) is 33.7 Å². The molecule has 38 heavy (non-hydrogen) atoms. The van der Waals surface area contributed by atoms with Crippen LogP contribution in [0.2, 0.25) is 0 Å². The second-order valence-corrected chi connectivity index (χ2v) is 11.1. The highest BCUT2D eigenvalue weighted by atomic mass is 31.2. The van der Waals surface area contributed by atoms with Gasteiger partial charge >= 0.3 is 13.9 Å². The molecule has 0 atom stereocenters. The summed E-state index contributed by atoms with van der Waals surface area (Å²) in [5.74, 6) is -0.644. The summed E-state index contributed by atoms with van der Waals surface area (Å²) in [4.78, 5) is 42.5. The maximum atomic E-state index is 13.5. The van der Waals surface area contributed by atoms with E-state index in [1.807, 2.05) is 42.3 Å². The average Bonchev–Trinajstić information content (AvgIpc) is 2.89. The van der Waals surface area contributed by atoms with E-state index in [1.54, 1.807) is 19.9 Å². The number of aromatic nitrogens is 1. The number of nitrogens with zero attached hydrogens (tertiary/aromatic N) is 3. The summed E-state index contributed by atoms with van der Waals surface area (Å²) in [6.07, 6.45) is 0.609. The van der Waals surface area contributed by atoms with E-state index < -0.39 is 18.8 Å². The van der Waals surface area contributed by atoms with Gasteiger partial charge in [-0.15, -0.1) is 0 Å². The molecule has 4 rings (SSSR count). The number of hydrogen-bond donors (Lipinski definition) is 1. The summed E-state index contributed by atoms with van der Waals surface area (Å²) in [5.41, 5.74) is 2.53. The number of hydrogen-bond acceptors (Lipinski definition) is 9. The molecule has 0 spiro atoms. The maximum absolute atomic E-state index is 13.5. The number of ether oxygens (including phenoxy) is 1. The van der Waals surface area contributed by atoms with Gasteiger partial charge in [0.05, 0.1) is 27.4 Å². The highest BCUT2D eigenvalue weighted by molar-refractivity contribution is 7.69. The Balaban J connectivity index is 1.69. The first-order valence-electron chi connectivity index (χ1n) is 12.3. The zero-order chi connectivity index (χ0) is 27.3. The second kappa shape index (κ2) is 12.1. The first-order chi connectivity index (χ1) is 18.2. The summed E-state index contributed by atoms with van der Waals surface area (Å²) in [7, 11) is -1.68. The van der Waals surface area contributed by atoms with Crippen LogP contribution >= 0.6 is 7.94 Å². The van der Waals surface area contributed by atoms with Gasteiger partial charge in [0.1, 0.15) is 19.8 Å². The van der Waals surface area contributed by atoms with E-state index in [0.29, 0.717) is 36.5 Å². The fraction of sp³-hybridized carbons (Fsp3) is 0.333. The molecule has 1 aromatic heterocycles. The third-order valence-corrected chi connectivity index (χ3v) is 8.36. The van der Waals surface area contributed by atoms with Gasteiger partial charge in [0.25, 0.3) is 5.69 Å². The molecule has 1 aliphatic rings. The molecule has 1 fully saturated rings. The molecular weight excluding hydrogens is 509 g/mol. The topological polar surface area (TPSA) is 124 Å². The van der Waals surface area contributed by atoms with Crippen molar-refractivity contribution in [2.45, 2.75) is 26.8 Å². The number of aryl methyl sites for hydroxylation is 2. The molecule has 0 unspecified atom stereocenters. The van der Waals surface area contributed by atoms with Gasteiger partial charge in [-0.05, 0) is 32.0 Å². The molecule has 11 heteroatoms. The molecule has 2 heterocycles. The Morgan fingerprint density at radius 2 is 1.84 bits per heavy atom. The van der Waals surface area contributed by atoms with Crippen molar-refractivity contribution < 1.29 is 28.4 Å². The first-order valence-corrected chi connectivity index (χ1v) is 13.8. The SMILES string of the molecule is Cc1nc(C)c([P+]2(O)OCCCO2)c(-c2cccc([N+](=O)[O-])c2)c1C(=O)OCCN(C)Cc1ccccc1. The van der Waals surface area contributed by atoms with Crippen molar-refractivity contribution in [1.82, 2.24) is 9.88 Å². The molecule has 0 amide bonds. The third-order valence-electron chi connectivity index (χ3n) is 6.18. The number of carbonyl (C=O) groups excluding carboxylic acids is 1. The van der Waals surface area contributed by atoms with Crippen molar-refractivity contribution in [3.05, 3.63) is 87.2 Å². The standard InChI is InChI=1S/C27H31N3O7P/c1-19-24(27(31)35-16-13-29(3)18-21-9-5-4-6-10-21)25(22-11-7-12-23(17-22)30(32)33)26(20(2)28-19)38(34)36-14-8-15-37-38/h4-7,9-12,17,34H,8,13-16,18H2,1-3H3/q+1. The quantitative estimate of drug-likeness (QED) is 0.182. The molecule has 1 saturated heterocycles. The van der Waals surface area contributed by atoms with Crippen LogP contribution in [0, 0.1) is 24.0 Å². The number of carbonyl (C=O) groups is 1. The number of esters is 1. The van der Waals surface area contributed by atoms with Crippen LogP contribution in [0.15, 0.2) is 54.6 Å². The van der Waals surface area contributed by atoms with Gasteiger partial charge in [0.15, 0.2) is 0 Å². The normalized spacial score (nSPS) is 14.9. The highest BCUT2D eigenvalue weighted by Gasteiger charge is 2.51. The predicted molar refractivity (Wildman–Crippen MR) is 144 cm³/mol. The molecule has 0 saturated carbocycles. The predicted octanol–water partition coefficient (Wildman–Crippen LogP) is 4.38. The Morgan fingerprint density at radius 1 is 1.13 bits per heavy atom. The third kappa shape index (κ3) is 6.23. The van der Waals surface area contributed by atoms with Crippen LogP contribution in [-0.2, 0) is 20.3 Å². The van der Waals surface area contributed by atoms with Crippen LogP contribution in [0.3, 0.4) is 0 Å². The lowest BCUT2D eigenvalue weighted by Gasteiger charge is -2.25. The van der Waals surface area contributed by atoms with Crippen molar-refractivity contribution >= 4 is 24.9 Å². The fourth-order valence-corrected chi connectivity index (χ4v) is 6.50. The number of nitro benzene ring substituents is 1. The lowest BCUT2D eigenvalue weighted by molar-refractivity contribution is -0.384. The molecule has 2 aromatic carbocycles. The second-order valence-electron chi connectivity index (χ2n) is 9.09. The molecule has 0 radical (unpaired) electrons. The van der Waals surface area contributed by atoms with Crippen LogP contribution in [0.4, 0.5) is 5.69 Å². The van der Waals surface area contributed by atoms with Crippen molar-refractivity contribution in [2.24, 2.45) is 0 Å². The maximum Gasteiger partial charge on any atom is 0.448 e. The Hall–Kier alpha value is -3.27. The van der Waals surface area contributed by atoms with Crippen molar-refractivity contribution in [1.29, 1.82) is 0 Å². The van der Waals surface area contributed by atoms with E-state index in [1.165, 1.54) is 18.2 Å². The first kappa shape index (κ1) is 27.8. The smallest absolute Gasteiger partial charge is 0.448 e. The zero-order valence-electron chi connectivity index (χ0n) is 21.6. The highest BCUT2D eigenvalue weighted by Crippen LogP contribution is 2.60. The fourth-order valence-electron chi connectivity index (χ4n) is 4.43. The van der Waals surface area contributed by atoms with Gasteiger partial charge in [-0.2, -0.15) is 13.9 Å². The van der Waals surface area contributed by atoms with E-state index in [9.17, 15) is 19.8 Å².